The van der Waals surface area contributed by atoms with E-state index in [4.69, 9.17) is 9.26 Å². The molecule has 0 fully saturated rings. The molecule has 0 spiro atoms. The highest BCUT2D eigenvalue weighted by molar-refractivity contribution is 5.96. The minimum atomic E-state index is -0.0983. The maximum atomic E-state index is 12.8. The predicted molar refractivity (Wildman–Crippen MR) is 98.6 cm³/mol. The number of rotatable bonds is 8. The number of nitrogens with one attached hydrogen (secondary N) is 1. The number of hydrogen-bond donors (Lipinski definition) is 1. The van der Waals surface area contributed by atoms with Gasteiger partial charge in [0.05, 0.1) is 12.3 Å². The molecule has 2 aromatic rings. The Morgan fingerprint density at radius 1 is 1.35 bits per heavy atom. The smallest absolute Gasteiger partial charge is 0.259 e. The molecule has 0 bridgehead atoms. The van der Waals surface area contributed by atoms with Crippen LogP contribution in [0.1, 0.15) is 55.4 Å². The summed E-state index contributed by atoms with van der Waals surface area (Å²) < 4.78 is 10.7. The number of aromatic nitrogens is 3. The Bertz CT molecular complexity index is 744. The first kappa shape index (κ1) is 19.7. The Hall–Kier alpha value is -2.64. The van der Waals surface area contributed by atoms with Crippen LogP contribution in [0.15, 0.2) is 16.9 Å². The third-order valence-corrected chi connectivity index (χ3v) is 3.85. The van der Waals surface area contributed by atoms with Gasteiger partial charge in [-0.25, -0.2) is 9.97 Å². The number of aryl methyl sites for hydroxylation is 1. The van der Waals surface area contributed by atoms with Crippen molar-refractivity contribution < 1.29 is 14.1 Å². The van der Waals surface area contributed by atoms with E-state index in [1.165, 1.54) is 6.33 Å². The van der Waals surface area contributed by atoms with Crippen molar-refractivity contribution in [2.75, 3.05) is 25.5 Å². The lowest BCUT2D eigenvalue weighted by molar-refractivity contribution is 0.0787. The molecule has 1 unspecified atom stereocenters. The number of hydrogen-bond acceptors (Lipinski definition) is 7. The molecule has 2 heterocycles. The van der Waals surface area contributed by atoms with E-state index >= 15 is 0 Å². The summed E-state index contributed by atoms with van der Waals surface area (Å²) in [5.74, 6) is 1.79. The molecule has 1 atom stereocenters. The van der Waals surface area contributed by atoms with Crippen LogP contribution >= 0.6 is 0 Å². The van der Waals surface area contributed by atoms with Gasteiger partial charge in [-0.15, -0.1) is 0 Å². The zero-order valence-corrected chi connectivity index (χ0v) is 16.2. The lowest BCUT2D eigenvalue weighted by atomic mass is 10.0. The van der Waals surface area contributed by atoms with Gasteiger partial charge in [0.1, 0.15) is 17.7 Å². The van der Waals surface area contributed by atoms with Gasteiger partial charge in [-0.3, -0.25) is 4.79 Å². The maximum absolute atomic E-state index is 12.8. The Kier molecular flexibility index (Phi) is 6.54. The number of carbonyl (C=O) groups excluding carboxylic acids is 1. The SMILES string of the molecule is CCOc1cc(NC(C)CN(C)C(=O)c2c(C)noc2C(C)C)ncn1. The first-order valence-corrected chi connectivity index (χ1v) is 8.76. The molecule has 8 heteroatoms. The molecule has 0 saturated carbocycles. The average Bonchev–Trinajstić information content (AvgIpc) is 2.96. The highest BCUT2D eigenvalue weighted by atomic mass is 16.5. The van der Waals surface area contributed by atoms with E-state index in [1.807, 2.05) is 27.7 Å². The summed E-state index contributed by atoms with van der Waals surface area (Å²) in [5.41, 5.74) is 1.17. The number of likely N-dealkylation sites (N-methyl/N-ethyl adjacent to an activating group) is 1. The molecule has 0 aliphatic carbocycles. The Morgan fingerprint density at radius 3 is 2.73 bits per heavy atom. The van der Waals surface area contributed by atoms with Gasteiger partial charge in [-0.05, 0) is 20.8 Å². The van der Waals surface area contributed by atoms with E-state index in [-0.39, 0.29) is 17.9 Å². The highest BCUT2D eigenvalue weighted by Crippen LogP contribution is 2.23. The summed E-state index contributed by atoms with van der Waals surface area (Å²) in [7, 11) is 1.77. The average molecular weight is 361 g/mol. The lowest BCUT2D eigenvalue weighted by Gasteiger charge is -2.23. The quantitative estimate of drug-likeness (QED) is 0.772. The van der Waals surface area contributed by atoms with Gasteiger partial charge in [-0.1, -0.05) is 19.0 Å². The monoisotopic (exact) mass is 361 g/mol. The van der Waals surface area contributed by atoms with Crippen LogP contribution in [0.4, 0.5) is 5.82 Å². The van der Waals surface area contributed by atoms with Crippen molar-refractivity contribution in [1.82, 2.24) is 20.0 Å². The van der Waals surface area contributed by atoms with E-state index in [2.05, 4.69) is 20.4 Å². The summed E-state index contributed by atoms with van der Waals surface area (Å²) in [6.07, 6.45) is 1.45. The van der Waals surface area contributed by atoms with E-state index in [9.17, 15) is 4.79 Å². The van der Waals surface area contributed by atoms with E-state index in [0.29, 0.717) is 41.9 Å². The van der Waals surface area contributed by atoms with Gasteiger partial charge in [-0.2, -0.15) is 0 Å². The minimum absolute atomic E-state index is 0.0176. The third-order valence-electron chi connectivity index (χ3n) is 3.85. The molecular formula is C18H27N5O3. The van der Waals surface area contributed by atoms with E-state index < -0.39 is 0 Å². The van der Waals surface area contributed by atoms with Gasteiger partial charge >= 0.3 is 0 Å². The van der Waals surface area contributed by atoms with Crippen molar-refractivity contribution in [3.05, 3.63) is 29.4 Å². The van der Waals surface area contributed by atoms with Crippen LogP contribution in [0, 0.1) is 6.92 Å². The molecule has 2 rings (SSSR count). The summed E-state index contributed by atoms with van der Waals surface area (Å²) in [5, 5.41) is 7.21. The van der Waals surface area contributed by atoms with E-state index in [0.717, 1.165) is 0 Å². The van der Waals surface area contributed by atoms with Crippen molar-refractivity contribution in [1.29, 1.82) is 0 Å². The molecule has 8 nitrogen and oxygen atoms in total. The normalized spacial score (nSPS) is 12.1. The topological polar surface area (TPSA) is 93.4 Å². The van der Waals surface area contributed by atoms with Crippen molar-refractivity contribution in [3.63, 3.8) is 0 Å². The first-order chi connectivity index (χ1) is 12.3. The Balaban J connectivity index is 2.03. The number of anilines is 1. The molecule has 26 heavy (non-hydrogen) atoms. The molecule has 0 radical (unpaired) electrons. The molecule has 0 aliphatic heterocycles. The van der Waals surface area contributed by atoms with Crippen LogP contribution in [0.5, 0.6) is 5.88 Å². The number of amides is 1. The Labute approximate surface area is 153 Å². The van der Waals surface area contributed by atoms with Crippen LogP contribution in [-0.4, -0.2) is 52.2 Å². The van der Waals surface area contributed by atoms with Crippen LogP contribution in [-0.2, 0) is 0 Å². The predicted octanol–water partition coefficient (Wildman–Crippen LogP) is 2.87. The minimum Gasteiger partial charge on any atom is -0.478 e. The molecule has 1 N–H and O–H groups in total. The fraction of sp³-hybridized carbons (Fsp3) is 0.556. The molecule has 1 amide bonds. The van der Waals surface area contributed by atoms with Gasteiger partial charge in [0.2, 0.25) is 5.88 Å². The highest BCUT2D eigenvalue weighted by Gasteiger charge is 2.25. The fourth-order valence-corrected chi connectivity index (χ4v) is 2.67. The largest absolute Gasteiger partial charge is 0.478 e. The second-order valence-electron chi connectivity index (χ2n) is 6.57. The molecule has 142 valence electrons. The van der Waals surface area contributed by atoms with Crippen LogP contribution in [0.3, 0.4) is 0 Å². The summed E-state index contributed by atoms with van der Waals surface area (Å²) in [6, 6.07) is 1.72. The van der Waals surface area contributed by atoms with Crippen molar-refractivity contribution in [2.45, 2.75) is 46.6 Å². The number of nitrogens with zero attached hydrogens (tertiary/aromatic N) is 4. The van der Waals surface area contributed by atoms with Crippen molar-refractivity contribution in [3.8, 4) is 5.88 Å². The molecule has 0 aromatic carbocycles. The van der Waals surface area contributed by atoms with Crippen molar-refractivity contribution >= 4 is 11.7 Å². The molecule has 2 aromatic heterocycles. The zero-order valence-electron chi connectivity index (χ0n) is 16.2. The summed E-state index contributed by atoms with van der Waals surface area (Å²) >= 11 is 0. The summed E-state index contributed by atoms with van der Waals surface area (Å²) in [6.45, 7) is 10.7. The van der Waals surface area contributed by atoms with Crippen LogP contribution in [0.2, 0.25) is 0 Å². The van der Waals surface area contributed by atoms with Gasteiger partial charge in [0.15, 0.2) is 5.76 Å². The first-order valence-electron chi connectivity index (χ1n) is 8.76. The molecule has 0 saturated heterocycles. The van der Waals surface area contributed by atoms with Gasteiger partial charge in [0, 0.05) is 31.6 Å². The molecular weight excluding hydrogens is 334 g/mol. The van der Waals surface area contributed by atoms with Crippen LogP contribution < -0.4 is 10.1 Å². The summed E-state index contributed by atoms with van der Waals surface area (Å²) in [4.78, 5) is 22.7. The standard InChI is InChI=1S/C18H27N5O3/c1-7-25-15-8-14(19-10-20-15)21-12(4)9-23(6)18(24)16-13(5)22-26-17(16)11(2)3/h8,10-12H,7,9H2,1-6H3,(H,19,20,21). The lowest BCUT2D eigenvalue weighted by Crippen LogP contribution is -2.37. The third kappa shape index (κ3) is 4.71. The second kappa shape index (κ2) is 8.64. The number of ether oxygens (including phenoxy) is 1. The molecule has 0 aliphatic rings. The van der Waals surface area contributed by atoms with Crippen molar-refractivity contribution in [2.24, 2.45) is 0 Å². The second-order valence-corrected chi connectivity index (χ2v) is 6.57. The fourth-order valence-electron chi connectivity index (χ4n) is 2.67. The zero-order chi connectivity index (χ0) is 19.3. The van der Waals surface area contributed by atoms with Crippen LogP contribution in [0.25, 0.3) is 0 Å². The van der Waals surface area contributed by atoms with Gasteiger partial charge < -0.3 is 19.5 Å². The number of carbonyl (C=O) groups is 1. The Morgan fingerprint density at radius 2 is 2.08 bits per heavy atom. The van der Waals surface area contributed by atoms with Gasteiger partial charge in [0.25, 0.3) is 5.91 Å². The maximum Gasteiger partial charge on any atom is 0.259 e. The van der Waals surface area contributed by atoms with E-state index in [1.54, 1.807) is 24.9 Å².